The summed E-state index contributed by atoms with van der Waals surface area (Å²) in [7, 11) is 0. The number of hydrogen-bond donors (Lipinski definition) is 0. The number of amides is 2. The maximum Gasteiger partial charge on any atom is 0.247 e. The average molecular weight is 504 g/mol. The van der Waals surface area contributed by atoms with E-state index < -0.39 is 5.25 Å². The molecule has 6 nitrogen and oxygen atoms in total. The molecule has 0 bridgehead atoms. The van der Waals surface area contributed by atoms with E-state index in [0.717, 1.165) is 30.5 Å². The van der Waals surface area contributed by atoms with Gasteiger partial charge in [0.05, 0.1) is 16.5 Å². The lowest BCUT2D eigenvalue weighted by Crippen LogP contribution is -2.31. The summed E-state index contributed by atoms with van der Waals surface area (Å²) >= 11 is 7.12. The number of aryl methyl sites for hydroxylation is 1. The molecule has 35 heavy (non-hydrogen) atoms. The zero-order valence-electron chi connectivity index (χ0n) is 19.0. The van der Waals surface area contributed by atoms with Gasteiger partial charge < -0.3 is 4.74 Å². The predicted molar refractivity (Wildman–Crippen MR) is 135 cm³/mol. The Balaban J connectivity index is 1.31. The van der Waals surface area contributed by atoms with Crippen LogP contribution in [0.25, 0.3) is 0 Å². The summed E-state index contributed by atoms with van der Waals surface area (Å²) in [5, 5.41) is 10.2. The smallest absolute Gasteiger partial charge is 0.247 e. The maximum absolute atomic E-state index is 13.2. The highest BCUT2D eigenvalue weighted by atomic mass is 35.5. The number of fused-ring (bicyclic) bond motifs is 1. The van der Waals surface area contributed by atoms with Gasteiger partial charge in [-0.25, -0.2) is 9.88 Å². The summed E-state index contributed by atoms with van der Waals surface area (Å²) in [6.45, 7) is 2.20. The molecule has 5 rings (SSSR count). The third kappa shape index (κ3) is 4.90. The van der Waals surface area contributed by atoms with Crippen LogP contribution in [-0.4, -0.2) is 22.0 Å². The summed E-state index contributed by atoms with van der Waals surface area (Å²) in [5.41, 5.74) is 3.06. The van der Waals surface area contributed by atoms with Crippen molar-refractivity contribution in [2.75, 3.05) is 4.90 Å². The van der Waals surface area contributed by atoms with Gasteiger partial charge in [-0.1, -0.05) is 30.3 Å². The quantitative estimate of drug-likeness (QED) is 0.400. The lowest BCUT2D eigenvalue weighted by molar-refractivity contribution is -0.121. The minimum absolute atomic E-state index is 0.0627. The SMILES string of the molecule is CC1CCc2nc(SC3CC(=O)N(c4ccc(Oc5ccc(Cl)cc5)cc4)C3=O)c(C#N)cc2C1. The van der Waals surface area contributed by atoms with E-state index in [1.165, 1.54) is 16.7 Å². The van der Waals surface area contributed by atoms with Crippen LogP contribution in [0.1, 0.15) is 36.6 Å². The molecule has 2 aromatic carbocycles. The van der Waals surface area contributed by atoms with Crippen molar-refractivity contribution in [3.8, 4) is 17.6 Å². The van der Waals surface area contributed by atoms with Gasteiger partial charge in [-0.2, -0.15) is 5.26 Å². The molecule has 2 amide bonds. The van der Waals surface area contributed by atoms with Crippen LogP contribution < -0.4 is 9.64 Å². The molecule has 2 unspecified atom stereocenters. The van der Waals surface area contributed by atoms with Gasteiger partial charge >= 0.3 is 0 Å². The summed E-state index contributed by atoms with van der Waals surface area (Å²) < 4.78 is 5.79. The van der Waals surface area contributed by atoms with E-state index in [4.69, 9.17) is 21.3 Å². The van der Waals surface area contributed by atoms with E-state index in [1.54, 1.807) is 48.5 Å². The average Bonchev–Trinajstić information content (AvgIpc) is 3.13. The fourth-order valence-electron chi connectivity index (χ4n) is 4.40. The van der Waals surface area contributed by atoms with Crippen LogP contribution in [0.4, 0.5) is 5.69 Å². The highest BCUT2D eigenvalue weighted by Crippen LogP contribution is 2.37. The standard InChI is InChI=1S/C27H22ClN3O3S/c1-16-2-11-23-17(12-16)13-18(15-29)26(30-23)35-24-14-25(32)31(27(24)33)20-5-9-22(10-6-20)34-21-7-3-19(28)4-8-21/h3-10,13,16,24H,2,11-12,14H2,1H3. The van der Waals surface area contributed by atoms with Crippen LogP contribution >= 0.6 is 23.4 Å². The first kappa shape index (κ1) is 23.4. The van der Waals surface area contributed by atoms with Crippen molar-refractivity contribution >= 4 is 40.9 Å². The van der Waals surface area contributed by atoms with Crippen molar-refractivity contribution in [3.05, 3.63) is 76.4 Å². The number of nitrogens with zero attached hydrogens (tertiary/aromatic N) is 3. The molecule has 1 aromatic heterocycles. The molecular formula is C27H22ClN3O3S. The Kier molecular flexibility index (Phi) is 6.50. The van der Waals surface area contributed by atoms with Gasteiger partial charge in [0.15, 0.2) is 0 Å². The fraction of sp³-hybridized carbons (Fsp3) is 0.259. The van der Waals surface area contributed by atoms with Crippen LogP contribution in [0.5, 0.6) is 11.5 Å². The van der Waals surface area contributed by atoms with Gasteiger partial charge in [-0.15, -0.1) is 0 Å². The van der Waals surface area contributed by atoms with Gasteiger partial charge in [0, 0.05) is 17.1 Å². The number of hydrogen-bond acceptors (Lipinski definition) is 6. The number of carbonyl (C=O) groups excluding carboxylic acids is 2. The minimum atomic E-state index is -0.618. The molecule has 2 aliphatic rings. The molecule has 3 aromatic rings. The van der Waals surface area contributed by atoms with E-state index in [1.807, 2.05) is 6.07 Å². The number of thioether (sulfide) groups is 1. The highest BCUT2D eigenvalue weighted by Gasteiger charge is 2.41. The number of benzene rings is 2. The Bertz CT molecular complexity index is 1340. The Morgan fingerprint density at radius 1 is 1.09 bits per heavy atom. The fourth-order valence-corrected chi connectivity index (χ4v) is 5.62. The Morgan fingerprint density at radius 2 is 1.77 bits per heavy atom. The number of halogens is 1. The molecule has 0 radical (unpaired) electrons. The van der Waals surface area contributed by atoms with Crippen LogP contribution in [0.3, 0.4) is 0 Å². The number of imide groups is 1. The molecule has 1 aliphatic carbocycles. The van der Waals surface area contributed by atoms with E-state index in [0.29, 0.717) is 38.7 Å². The van der Waals surface area contributed by atoms with Crippen LogP contribution in [0.15, 0.2) is 59.6 Å². The number of aromatic nitrogens is 1. The molecular weight excluding hydrogens is 482 g/mol. The van der Waals surface area contributed by atoms with Crippen molar-refractivity contribution in [2.24, 2.45) is 5.92 Å². The third-order valence-electron chi connectivity index (χ3n) is 6.22. The lowest BCUT2D eigenvalue weighted by atomic mass is 9.87. The minimum Gasteiger partial charge on any atom is -0.457 e. The molecule has 176 valence electrons. The number of pyridine rings is 1. The normalized spacial score (nSPS) is 19.4. The summed E-state index contributed by atoms with van der Waals surface area (Å²) in [4.78, 5) is 31.9. The van der Waals surface area contributed by atoms with Gasteiger partial charge in [0.1, 0.15) is 22.6 Å². The van der Waals surface area contributed by atoms with Crippen molar-refractivity contribution in [1.82, 2.24) is 4.98 Å². The first-order valence-electron chi connectivity index (χ1n) is 11.4. The summed E-state index contributed by atoms with van der Waals surface area (Å²) in [6.07, 6.45) is 2.90. The molecule has 1 aliphatic heterocycles. The molecule has 2 heterocycles. The lowest BCUT2D eigenvalue weighted by Gasteiger charge is -2.22. The van der Waals surface area contributed by atoms with Gasteiger partial charge in [-0.3, -0.25) is 9.59 Å². The second kappa shape index (κ2) is 9.73. The molecule has 0 saturated carbocycles. The van der Waals surface area contributed by atoms with Crippen LogP contribution in [0.2, 0.25) is 5.02 Å². The number of ether oxygens (including phenoxy) is 1. The number of carbonyl (C=O) groups is 2. The van der Waals surface area contributed by atoms with E-state index in [2.05, 4.69) is 13.0 Å². The molecule has 1 saturated heterocycles. The Labute approximate surface area is 212 Å². The monoisotopic (exact) mass is 503 g/mol. The molecule has 2 atom stereocenters. The number of rotatable bonds is 5. The zero-order valence-corrected chi connectivity index (χ0v) is 20.6. The first-order valence-corrected chi connectivity index (χ1v) is 12.7. The van der Waals surface area contributed by atoms with Crippen LogP contribution in [0, 0.1) is 17.2 Å². The van der Waals surface area contributed by atoms with Crippen molar-refractivity contribution in [2.45, 2.75) is 42.9 Å². The summed E-state index contributed by atoms with van der Waals surface area (Å²) in [6, 6.07) is 17.9. The number of nitriles is 1. The topological polar surface area (TPSA) is 83.3 Å². The molecule has 1 fully saturated rings. The highest BCUT2D eigenvalue weighted by molar-refractivity contribution is 8.00. The maximum atomic E-state index is 13.2. The number of anilines is 1. The largest absolute Gasteiger partial charge is 0.457 e. The Hall–Kier alpha value is -3.34. The second-order valence-electron chi connectivity index (χ2n) is 8.83. The molecule has 0 N–H and O–H groups in total. The van der Waals surface area contributed by atoms with E-state index in [-0.39, 0.29) is 18.2 Å². The van der Waals surface area contributed by atoms with E-state index >= 15 is 0 Å². The van der Waals surface area contributed by atoms with Crippen LogP contribution in [-0.2, 0) is 22.4 Å². The molecule has 8 heteroatoms. The van der Waals surface area contributed by atoms with Crippen molar-refractivity contribution in [3.63, 3.8) is 0 Å². The van der Waals surface area contributed by atoms with E-state index in [9.17, 15) is 14.9 Å². The predicted octanol–water partition coefficient (Wildman–Crippen LogP) is 5.95. The van der Waals surface area contributed by atoms with Gasteiger partial charge in [-0.05, 0) is 85.3 Å². The zero-order chi connectivity index (χ0) is 24.5. The molecule has 0 spiro atoms. The van der Waals surface area contributed by atoms with Gasteiger partial charge in [0.25, 0.3) is 0 Å². The summed E-state index contributed by atoms with van der Waals surface area (Å²) in [5.74, 6) is 1.20. The Morgan fingerprint density at radius 3 is 2.46 bits per heavy atom. The van der Waals surface area contributed by atoms with Crippen molar-refractivity contribution in [1.29, 1.82) is 5.26 Å². The first-order chi connectivity index (χ1) is 16.9. The van der Waals surface area contributed by atoms with Crippen molar-refractivity contribution < 1.29 is 14.3 Å². The van der Waals surface area contributed by atoms with Gasteiger partial charge in [0.2, 0.25) is 11.8 Å². The third-order valence-corrected chi connectivity index (χ3v) is 7.66. The second-order valence-corrected chi connectivity index (χ2v) is 10.5.